The number of aromatic nitrogens is 1. The van der Waals surface area contributed by atoms with E-state index in [1.54, 1.807) is 51.1 Å². The molecule has 0 bridgehead atoms. The summed E-state index contributed by atoms with van der Waals surface area (Å²) < 4.78 is 4.99. The molecule has 2 heterocycles. The summed E-state index contributed by atoms with van der Waals surface area (Å²) in [6, 6.07) is 11.1. The third kappa shape index (κ3) is 5.22. The number of benzene rings is 2. The molecule has 1 aliphatic rings. The summed E-state index contributed by atoms with van der Waals surface area (Å²) in [5.74, 6) is -2.23. The van der Waals surface area contributed by atoms with Gasteiger partial charge in [-0.05, 0) is 62.7 Å². The van der Waals surface area contributed by atoms with E-state index in [9.17, 15) is 19.2 Å². The van der Waals surface area contributed by atoms with Gasteiger partial charge in [-0.2, -0.15) is 0 Å². The Hall–Kier alpha value is -3.73. The summed E-state index contributed by atoms with van der Waals surface area (Å²) in [6.07, 6.45) is 0. The first-order chi connectivity index (χ1) is 17.6. The van der Waals surface area contributed by atoms with Gasteiger partial charge in [-0.1, -0.05) is 40.6 Å². The second-order valence-electron chi connectivity index (χ2n) is 7.83. The molecule has 9 nitrogen and oxygen atoms in total. The zero-order valence-electron chi connectivity index (χ0n) is 19.8. The number of nitrogens with one attached hydrogen (secondary N) is 2. The molecule has 4 rings (SSSR count). The topological polar surface area (TPSA) is 118 Å². The third-order valence-corrected chi connectivity index (χ3v) is 7.21. The highest BCUT2D eigenvalue weighted by Crippen LogP contribution is 2.34. The van der Waals surface area contributed by atoms with Crippen LogP contribution < -0.4 is 15.5 Å². The second kappa shape index (κ2) is 10.7. The number of aryl methyl sites for hydroxylation is 1. The van der Waals surface area contributed by atoms with Crippen molar-refractivity contribution in [2.24, 2.45) is 0 Å². The second-order valence-corrected chi connectivity index (χ2v) is 9.61. The Bertz CT molecular complexity index is 1470. The minimum absolute atomic E-state index is 0.0898. The van der Waals surface area contributed by atoms with Crippen LogP contribution in [0.25, 0.3) is 0 Å². The van der Waals surface area contributed by atoms with Crippen molar-refractivity contribution in [2.75, 3.05) is 22.1 Å². The first kappa shape index (κ1) is 26.3. The fraction of sp³-hybridized carbons (Fsp3) is 0.160. The summed E-state index contributed by atoms with van der Waals surface area (Å²) in [4.78, 5) is 55.9. The largest absolute Gasteiger partial charge is 0.462 e. The molecule has 0 saturated heterocycles. The number of rotatable bonds is 7. The van der Waals surface area contributed by atoms with Crippen molar-refractivity contribution in [3.8, 4) is 0 Å². The lowest BCUT2D eigenvalue weighted by Gasteiger charge is -2.18. The van der Waals surface area contributed by atoms with E-state index in [2.05, 4.69) is 15.6 Å². The van der Waals surface area contributed by atoms with E-state index in [0.29, 0.717) is 38.1 Å². The lowest BCUT2D eigenvalue weighted by atomic mass is 10.2. The van der Waals surface area contributed by atoms with Gasteiger partial charge in [-0.3, -0.25) is 19.7 Å². The SMILES string of the molecule is CCOC(=O)c1sc(NC(=O)c2ccc(NC3=C(Cl)C(=O)N(c4cccc(Cl)c4C)C3=O)cc2)nc1C. The van der Waals surface area contributed by atoms with Gasteiger partial charge in [0.2, 0.25) is 0 Å². The molecule has 12 heteroatoms. The first-order valence-electron chi connectivity index (χ1n) is 11.0. The Kier molecular flexibility index (Phi) is 7.63. The maximum atomic E-state index is 13.0. The van der Waals surface area contributed by atoms with Crippen molar-refractivity contribution in [3.63, 3.8) is 0 Å². The molecule has 2 aromatic carbocycles. The number of imide groups is 1. The molecule has 0 atom stereocenters. The van der Waals surface area contributed by atoms with Crippen LogP contribution in [-0.2, 0) is 14.3 Å². The highest BCUT2D eigenvalue weighted by atomic mass is 35.5. The van der Waals surface area contributed by atoms with E-state index in [1.807, 2.05) is 0 Å². The predicted molar refractivity (Wildman–Crippen MR) is 142 cm³/mol. The molecule has 0 unspecified atom stereocenters. The van der Waals surface area contributed by atoms with Gasteiger partial charge < -0.3 is 10.1 Å². The minimum atomic E-state index is -0.670. The molecule has 0 radical (unpaired) electrons. The number of hydrogen-bond acceptors (Lipinski definition) is 8. The monoisotopic (exact) mass is 558 g/mol. The maximum absolute atomic E-state index is 13.0. The molecule has 1 aliphatic heterocycles. The quantitative estimate of drug-likeness (QED) is 0.299. The van der Waals surface area contributed by atoms with Crippen LogP contribution in [0.4, 0.5) is 16.5 Å². The average molecular weight is 559 g/mol. The fourth-order valence-corrected chi connectivity index (χ4v) is 4.76. The molecular formula is C25H20Cl2N4O5S. The molecule has 3 amide bonds. The predicted octanol–water partition coefficient (Wildman–Crippen LogP) is 5.28. The number of anilines is 3. The van der Waals surface area contributed by atoms with E-state index in [0.717, 1.165) is 16.2 Å². The Labute approximate surface area is 226 Å². The van der Waals surface area contributed by atoms with Crippen LogP contribution >= 0.6 is 34.5 Å². The zero-order chi connectivity index (χ0) is 26.9. The van der Waals surface area contributed by atoms with Gasteiger partial charge in [-0.25, -0.2) is 14.7 Å². The van der Waals surface area contributed by atoms with Gasteiger partial charge in [0.1, 0.15) is 15.6 Å². The van der Waals surface area contributed by atoms with Crippen LogP contribution in [0.1, 0.15) is 38.2 Å². The van der Waals surface area contributed by atoms with Gasteiger partial charge in [-0.15, -0.1) is 0 Å². The lowest BCUT2D eigenvalue weighted by molar-refractivity contribution is -0.120. The summed E-state index contributed by atoms with van der Waals surface area (Å²) in [5.41, 5.74) is 2.02. The maximum Gasteiger partial charge on any atom is 0.350 e. The van der Waals surface area contributed by atoms with Crippen molar-refractivity contribution < 1.29 is 23.9 Å². The van der Waals surface area contributed by atoms with Gasteiger partial charge in [0.25, 0.3) is 17.7 Å². The van der Waals surface area contributed by atoms with Crippen LogP contribution in [-0.4, -0.2) is 35.3 Å². The highest BCUT2D eigenvalue weighted by molar-refractivity contribution is 7.17. The van der Waals surface area contributed by atoms with Crippen LogP contribution in [0.3, 0.4) is 0 Å². The summed E-state index contributed by atoms with van der Waals surface area (Å²) in [6.45, 7) is 5.30. The highest BCUT2D eigenvalue weighted by Gasteiger charge is 2.39. The number of halogens is 2. The lowest BCUT2D eigenvalue weighted by Crippen LogP contribution is -2.32. The van der Waals surface area contributed by atoms with E-state index in [1.165, 1.54) is 12.1 Å². The first-order valence-corrected chi connectivity index (χ1v) is 12.6. The summed E-state index contributed by atoms with van der Waals surface area (Å²) in [7, 11) is 0. The molecule has 0 saturated carbocycles. The average Bonchev–Trinajstić information content (AvgIpc) is 3.33. The number of carbonyl (C=O) groups is 4. The number of nitrogens with zero attached hydrogens (tertiary/aromatic N) is 2. The van der Waals surface area contributed by atoms with E-state index in [-0.39, 0.29) is 22.5 Å². The number of esters is 1. The van der Waals surface area contributed by atoms with Gasteiger partial charge >= 0.3 is 5.97 Å². The van der Waals surface area contributed by atoms with Gasteiger partial charge in [0.05, 0.1) is 18.0 Å². The van der Waals surface area contributed by atoms with Crippen molar-refractivity contribution >= 4 is 74.7 Å². The molecule has 0 aliphatic carbocycles. The molecule has 1 aromatic heterocycles. The van der Waals surface area contributed by atoms with Crippen LogP contribution in [0.15, 0.2) is 53.2 Å². The minimum Gasteiger partial charge on any atom is -0.462 e. The molecular weight excluding hydrogens is 539 g/mol. The van der Waals surface area contributed by atoms with Crippen LogP contribution in [0.5, 0.6) is 0 Å². The molecule has 190 valence electrons. The van der Waals surface area contributed by atoms with Gasteiger partial charge in [0, 0.05) is 16.3 Å². The number of amides is 3. The number of carbonyl (C=O) groups excluding carboxylic acids is 4. The van der Waals surface area contributed by atoms with Crippen molar-refractivity contribution in [1.29, 1.82) is 0 Å². The summed E-state index contributed by atoms with van der Waals surface area (Å²) >= 11 is 13.4. The van der Waals surface area contributed by atoms with Crippen molar-refractivity contribution in [1.82, 2.24) is 4.98 Å². The Morgan fingerprint density at radius 2 is 1.76 bits per heavy atom. The standard InChI is InChI=1S/C25H20Cl2N4O5S/c1-4-36-24(35)20-13(3)28-25(37-20)30-21(32)14-8-10-15(11-9-14)29-19-18(27)22(33)31(23(19)34)17-7-5-6-16(26)12(17)2/h5-11,29H,4H2,1-3H3,(H,28,30,32). The molecule has 2 N–H and O–H groups in total. The summed E-state index contributed by atoms with van der Waals surface area (Å²) in [5, 5.41) is 5.93. The van der Waals surface area contributed by atoms with Crippen molar-refractivity contribution in [2.45, 2.75) is 20.8 Å². The van der Waals surface area contributed by atoms with Crippen LogP contribution in [0.2, 0.25) is 5.02 Å². The Morgan fingerprint density at radius 1 is 1.05 bits per heavy atom. The van der Waals surface area contributed by atoms with E-state index in [4.69, 9.17) is 27.9 Å². The van der Waals surface area contributed by atoms with Crippen LogP contribution in [0, 0.1) is 13.8 Å². The van der Waals surface area contributed by atoms with Crippen molar-refractivity contribution in [3.05, 3.63) is 79.9 Å². The fourth-order valence-electron chi connectivity index (χ4n) is 3.52. The number of thiazole rings is 1. The van der Waals surface area contributed by atoms with E-state index >= 15 is 0 Å². The molecule has 0 spiro atoms. The smallest absolute Gasteiger partial charge is 0.350 e. The Balaban J connectivity index is 1.47. The van der Waals surface area contributed by atoms with Gasteiger partial charge in [0.15, 0.2) is 5.13 Å². The Morgan fingerprint density at radius 3 is 2.43 bits per heavy atom. The third-order valence-electron chi connectivity index (χ3n) is 5.40. The number of hydrogen-bond donors (Lipinski definition) is 2. The molecule has 37 heavy (non-hydrogen) atoms. The molecule has 0 fully saturated rings. The van der Waals surface area contributed by atoms with E-state index < -0.39 is 23.7 Å². The molecule has 3 aromatic rings. The zero-order valence-corrected chi connectivity index (χ0v) is 22.2. The normalized spacial score (nSPS) is 13.3. The number of ether oxygens (including phenoxy) is 1.